The Morgan fingerprint density at radius 1 is 0.510 bits per heavy atom. The second kappa shape index (κ2) is 40.0. The molecule has 0 rings (SSSR count). The van der Waals surface area contributed by atoms with Gasteiger partial charge >= 0.3 is 0 Å². The maximum absolute atomic E-state index is 12.3. The third-order valence-corrected chi connectivity index (χ3v) is 8.63. The predicted octanol–water partition coefficient (Wildman–Crippen LogP) is 12.5. The van der Waals surface area contributed by atoms with E-state index < -0.39 is 12.1 Å². The molecule has 2 atom stereocenters. The van der Waals surface area contributed by atoms with Gasteiger partial charge < -0.3 is 15.5 Å². The fraction of sp³-hybridized carbons (Fsp3) is 0.667. The van der Waals surface area contributed by atoms with Crippen LogP contribution in [0.5, 0.6) is 0 Å². The quantitative estimate of drug-likeness (QED) is 0.0461. The summed E-state index contributed by atoms with van der Waals surface area (Å²) in [6.07, 6.45) is 58.5. The lowest BCUT2D eigenvalue weighted by Crippen LogP contribution is -2.45. The first-order valence-corrected chi connectivity index (χ1v) is 20.3. The number of hydrogen-bond donors (Lipinski definition) is 3. The van der Waals surface area contributed by atoms with Crippen LogP contribution in [-0.4, -0.2) is 34.9 Å². The minimum Gasteiger partial charge on any atom is -0.394 e. The Kier molecular flexibility index (Phi) is 38.0. The summed E-state index contributed by atoms with van der Waals surface area (Å²) in [6.45, 7) is 4.10. The standard InChI is InChI=1S/C45H77NO3/c1-3-5-7-9-11-12-13-14-15-16-17-18-19-20-21-22-23-24-25-26-27-28-29-30-31-32-33-34-35-37-39-41-45(49)46-43(42-47)44(48)40-38-36-10-8-6-4-2/h5,7,11-12,14-15,17-18,20-21,23-24,38,40,43-44,47-48H,3-4,6,8-10,13,16,19,22,25-37,39,41-42H2,1-2H3,(H,46,49)/b7-5-,12-11-,15-14-,18-17-,21-20-,24-23-,40-38+. The van der Waals surface area contributed by atoms with Crippen LogP contribution in [0.15, 0.2) is 85.1 Å². The third kappa shape index (κ3) is 36.7. The van der Waals surface area contributed by atoms with Crippen molar-refractivity contribution in [1.82, 2.24) is 5.32 Å². The van der Waals surface area contributed by atoms with Crippen molar-refractivity contribution in [2.24, 2.45) is 0 Å². The smallest absolute Gasteiger partial charge is 0.220 e. The highest BCUT2D eigenvalue weighted by atomic mass is 16.3. The predicted molar refractivity (Wildman–Crippen MR) is 216 cm³/mol. The summed E-state index contributed by atoms with van der Waals surface area (Å²) in [6, 6.07) is -0.623. The van der Waals surface area contributed by atoms with Crippen molar-refractivity contribution in [3.8, 4) is 0 Å². The molecule has 0 aromatic heterocycles. The second-order valence-electron chi connectivity index (χ2n) is 13.3. The van der Waals surface area contributed by atoms with E-state index in [0.29, 0.717) is 6.42 Å². The zero-order valence-electron chi connectivity index (χ0n) is 31.9. The SMILES string of the molecule is CC/C=C\C/C=C\C/C=C\C/C=C\C/C=C\C/C=C\CCCCCCCCCCCCCCC(=O)NC(CO)C(O)/C=C/CCCCCC. The molecule has 4 heteroatoms. The van der Waals surface area contributed by atoms with Gasteiger partial charge in [-0.15, -0.1) is 0 Å². The van der Waals surface area contributed by atoms with Gasteiger partial charge in [-0.1, -0.05) is 182 Å². The third-order valence-electron chi connectivity index (χ3n) is 8.63. The van der Waals surface area contributed by atoms with Gasteiger partial charge in [0.15, 0.2) is 0 Å². The van der Waals surface area contributed by atoms with Gasteiger partial charge in [-0.25, -0.2) is 0 Å². The first-order valence-electron chi connectivity index (χ1n) is 20.3. The van der Waals surface area contributed by atoms with Crippen LogP contribution < -0.4 is 5.32 Å². The summed E-state index contributed by atoms with van der Waals surface area (Å²) in [7, 11) is 0. The molecule has 0 bridgehead atoms. The van der Waals surface area contributed by atoms with Gasteiger partial charge in [0.1, 0.15) is 0 Å². The number of hydrogen-bond acceptors (Lipinski definition) is 3. The Labute approximate surface area is 303 Å². The molecular weight excluding hydrogens is 602 g/mol. The monoisotopic (exact) mass is 680 g/mol. The molecule has 1 amide bonds. The summed E-state index contributed by atoms with van der Waals surface area (Å²) in [5.41, 5.74) is 0. The van der Waals surface area contributed by atoms with Gasteiger partial charge in [0.2, 0.25) is 5.91 Å². The molecule has 280 valence electrons. The molecule has 0 fully saturated rings. The van der Waals surface area contributed by atoms with Crippen molar-refractivity contribution in [2.75, 3.05) is 6.61 Å². The lowest BCUT2D eigenvalue weighted by molar-refractivity contribution is -0.123. The second-order valence-corrected chi connectivity index (χ2v) is 13.3. The summed E-state index contributed by atoms with van der Waals surface area (Å²) >= 11 is 0. The maximum Gasteiger partial charge on any atom is 0.220 e. The normalized spacial score (nSPS) is 14.0. The van der Waals surface area contributed by atoms with E-state index in [1.54, 1.807) is 6.08 Å². The number of carbonyl (C=O) groups is 1. The highest BCUT2D eigenvalue weighted by Crippen LogP contribution is 2.13. The Morgan fingerprint density at radius 3 is 1.35 bits per heavy atom. The molecule has 0 aromatic rings. The molecule has 3 N–H and O–H groups in total. The zero-order chi connectivity index (χ0) is 35.7. The van der Waals surface area contributed by atoms with Gasteiger partial charge in [-0.05, 0) is 70.6 Å². The van der Waals surface area contributed by atoms with E-state index >= 15 is 0 Å². The fourth-order valence-electron chi connectivity index (χ4n) is 5.53. The molecule has 0 aliphatic rings. The summed E-state index contributed by atoms with van der Waals surface area (Å²) in [5.74, 6) is -0.0770. The fourth-order valence-corrected chi connectivity index (χ4v) is 5.53. The number of unbranched alkanes of at least 4 members (excludes halogenated alkanes) is 16. The Morgan fingerprint density at radius 2 is 0.898 bits per heavy atom. The number of nitrogens with one attached hydrogen (secondary N) is 1. The van der Waals surface area contributed by atoms with Gasteiger partial charge in [-0.2, -0.15) is 0 Å². The van der Waals surface area contributed by atoms with Crippen molar-refractivity contribution in [3.05, 3.63) is 85.1 Å². The molecule has 0 radical (unpaired) electrons. The minimum atomic E-state index is -0.839. The van der Waals surface area contributed by atoms with Gasteiger partial charge in [-0.3, -0.25) is 4.79 Å². The largest absolute Gasteiger partial charge is 0.394 e. The van der Waals surface area contributed by atoms with E-state index in [1.165, 1.54) is 89.9 Å². The number of rotatable bonds is 35. The minimum absolute atomic E-state index is 0.0770. The molecule has 0 aliphatic carbocycles. The average molecular weight is 680 g/mol. The molecule has 0 saturated carbocycles. The topological polar surface area (TPSA) is 69.6 Å². The number of carbonyl (C=O) groups excluding carboxylic acids is 1. The molecular formula is C45H77NO3. The van der Waals surface area contributed by atoms with Crippen LogP contribution in [0, 0.1) is 0 Å². The van der Waals surface area contributed by atoms with Crippen molar-refractivity contribution in [2.45, 2.75) is 187 Å². The lowest BCUT2D eigenvalue weighted by atomic mass is 10.0. The first-order chi connectivity index (χ1) is 24.2. The van der Waals surface area contributed by atoms with E-state index in [2.05, 4.69) is 92.1 Å². The summed E-state index contributed by atoms with van der Waals surface area (Å²) in [4.78, 5) is 12.3. The molecule has 0 spiro atoms. The molecule has 4 nitrogen and oxygen atoms in total. The number of amides is 1. The van der Waals surface area contributed by atoms with Crippen LogP contribution in [0.25, 0.3) is 0 Å². The van der Waals surface area contributed by atoms with Crippen molar-refractivity contribution >= 4 is 5.91 Å². The van der Waals surface area contributed by atoms with Crippen LogP contribution in [-0.2, 0) is 4.79 Å². The van der Waals surface area contributed by atoms with Crippen LogP contribution in [0.2, 0.25) is 0 Å². The maximum atomic E-state index is 12.3. The van der Waals surface area contributed by atoms with Crippen LogP contribution in [0.4, 0.5) is 0 Å². The van der Waals surface area contributed by atoms with Crippen molar-refractivity contribution in [1.29, 1.82) is 0 Å². The highest BCUT2D eigenvalue weighted by Gasteiger charge is 2.17. The van der Waals surface area contributed by atoms with Crippen LogP contribution in [0.3, 0.4) is 0 Å². The first kappa shape index (κ1) is 46.6. The van der Waals surface area contributed by atoms with Crippen molar-refractivity contribution < 1.29 is 15.0 Å². The molecule has 0 aromatic carbocycles. The highest BCUT2D eigenvalue weighted by molar-refractivity contribution is 5.76. The Hall–Kier alpha value is -2.43. The van der Waals surface area contributed by atoms with E-state index in [-0.39, 0.29) is 12.5 Å². The van der Waals surface area contributed by atoms with Crippen LogP contribution >= 0.6 is 0 Å². The zero-order valence-corrected chi connectivity index (χ0v) is 31.9. The van der Waals surface area contributed by atoms with E-state index in [9.17, 15) is 15.0 Å². The molecule has 2 unspecified atom stereocenters. The molecule has 49 heavy (non-hydrogen) atoms. The van der Waals surface area contributed by atoms with Crippen LogP contribution in [0.1, 0.15) is 174 Å². The molecule has 0 aliphatic heterocycles. The Balaban J connectivity index is 3.53. The molecule has 0 heterocycles. The van der Waals surface area contributed by atoms with E-state index in [4.69, 9.17) is 0 Å². The summed E-state index contributed by atoms with van der Waals surface area (Å²) in [5, 5.41) is 22.7. The Bertz CT molecular complexity index is 910. The number of aliphatic hydroxyl groups is 2. The van der Waals surface area contributed by atoms with Crippen molar-refractivity contribution in [3.63, 3.8) is 0 Å². The van der Waals surface area contributed by atoms with Gasteiger partial charge in [0.05, 0.1) is 18.8 Å². The number of aliphatic hydroxyl groups excluding tert-OH is 2. The average Bonchev–Trinajstić information content (AvgIpc) is 3.10. The molecule has 0 saturated heterocycles. The van der Waals surface area contributed by atoms with Gasteiger partial charge in [0, 0.05) is 6.42 Å². The van der Waals surface area contributed by atoms with E-state index in [0.717, 1.165) is 64.2 Å². The lowest BCUT2D eigenvalue weighted by Gasteiger charge is -2.20. The van der Waals surface area contributed by atoms with E-state index in [1.807, 2.05) is 6.08 Å². The summed E-state index contributed by atoms with van der Waals surface area (Å²) < 4.78 is 0. The number of allylic oxidation sites excluding steroid dienone is 13. The van der Waals surface area contributed by atoms with Gasteiger partial charge in [0.25, 0.3) is 0 Å².